The molecule has 0 radical (unpaired) electrons. The van der Waals surface area contributed by atoms with Gasteiger partial charge in [0.05, 0.1) is 6.10 Å². The average Bonchev–Trinajstić information content (AvgIpc) is 2.14. The Hall–Kier alpha value is 0.140. The topological polar surface area (TPSA) is 18.5 Å². The van der Waals surface area contributed by atoms with E-state index in [1.54, 1.807) is 7.11 Å². The third-order valence-electron chi connectivity index (χ3n) is 3.25. The number of hydrogen-bond donors (Lipinski definition) is 0. The fraction of sp³-hybridized carbons (Fsp3) is 0.818. The first kappa shape index (κ1) is 12.2. The fourth-order valence-corrected chi connectivity index (χ4v) is 3.58. The molecule has 0 aromatic rings. The Balaban J connectivity index is 2.95. The van der Waals surface area contributed by atoms with Gasteiger partial charge in [0.1, 0.15) is 5.60 Å². The van der Waals surface area contributed by atoms with Gasteiger partial charge < -0.3 is 9.47 Å². The monoisotopic (exact) mass is 265 g/mol. The Bertz CT molecular complexity index is 248. The van der Waals surface area contributed by atoms with E-state index >= 15 is 0 Å². The van der Waals surface area contributed by atoms with E-state index in [1.807, 2.05) is 11.9 Å². The van der Waals surface area contributed by atoms with Crippen LogP contribution in [0.4, 0.5) is 0 Å². The van der Waals surface area contributed by atoms with Crippen molar-refractivity contribution in [1.29, 1.82) is 0 Å². The summed E-state index contributed by atoms with van der Waals surface area (Å²) in [5.74, 6) is 0. The molecule has 14 heavy (non-hydrogen) atoms. The maximum absolute atomic E-state index is 5.74. The van der Waals surface area contributed by atoms with Crippen LogP contribution in [0.1, 0.15) is 27.7 Å². The van der Waals surface area contributed by atoms with Crippen molar-refractivity contribution < 1.29 is 9.47 Å². The molecule has 0 spiro atoms. The van der Waals surface area contributed by atoms with Crippen LogP contribution >= 0.6 is 15.9 Å². The van der Waals surface area contributed by atoms with Crippen molar-refractivity contribution in [2.75, 3.05) is 13.7 Å². The third kappa shape index (κ3) is 1.46. The van der Waals surface area contributed by atoms with Gasteiger partial charge in [-0.25, -0.2) is 0 Å². The molecule has 1 aliphatic carbocycles. The third-order valence-corrected chi connectivity index (χ3v) is 3.71. The van der Waals surface area contributed by atoms with Crippen molar-refractivity contribution in [3.05, 3.63) is 10.6 Å². The molecule has 1 rings (SSSR count). The number of methoxy groups -OCH3 is 1. The quantitative estimate of drug-likeness (QED) is 0.731. The zero-order chi connectivity index (χ0) is 11.0. The van der Waals surface area contributed by atoms with E-state index in [4.69, 9.17) is 9.47 Å². The molecule has 0 aromatic carbocycles. The van der Waals surface area contributed by atoms with Crippen LogP contribution in [0.3, 0.4) is 0 Å². The maximum atomic E-state index is 5.74. The van der Waals surface area contributed by atoms with Crippen LogP contribution in [0, 0.1) is 5.41 Å². The molecule has 0 N–H and O–H groups in total. The minimum atomic E-state index is -0.275. The van der Waals surface area contributed by atoms with Gasteiger partial charge in [-0.15, -0.1) is 0 Å². The molecule has 0 aliphatic heterocycles. The maximum Gasteiger partial charge on any atom is 0.114 e. The zero-order valence-corrected chi connectivity index (χ0v) is 11.1. The Kier molecular flexibility index (Phi) is 3.45. The Morgan fingerprint density at radius 3 is 2.36 bits per heavy atom. The second kappa shape index (κ2) is 3.95. The summed E-state index contributed by atoms with van der Waals surface area (Å²) in [7, 11) is 1.73. The fourth-order valence-electron chi connectivity index (χ4n) is 2.53. The lowest BCUT2D eigenvalue weighted by atomic mass is 9.62. The van der Waals surface area contributed by atoms with Gasteiger partial charge in [0, 0.05) is 19.1 Å². The number of hydrogen-bond acceptors (Lipinski definition) is 2. The summed E-state index contributed by atoms with van der Waals surface area (Å²) in [5.41, 5.74) is 1.04. The summed E-state index contributed by atoms with van der Waals surface area (Å²) in [6.45, 7) is 9.18. The molecular weight excluding hydrogens is 247 g/mol. The van der Waals surface area contributed by atoms with Crippen molar-refractivity contribution in [2.45, 2.75) is 39.4 Å². The van der Waals surface area contributed by atoms with Gasteiger partial charge in [0.2, 0.25) is 0 Å². The summed E-state index contributed by atoms with van der Waals surface area (Å²) in [6, 6.07) is 0. The average molecular weight is 266 g/mol. The molecule has 0 saturated heterocycles. The van der Waals surface area contributed by atoms with Crippen LogP contribution in [0.15, 0.2) is 10.6 Å². The van der Waals surface area contributed by atoms with Gasteiger partial charge in [-0.3, -0.25) is 0 Å². The molecule has 1 aliphatic rings. The largest absolute Gasteiger partial charge is 0.374 e. The first-order chi connectivity index (χ1) is 6.45. The van der Waals surface area contributed by atoms with Gasteiger partial charge in [0.15, 0.2) is 0 Å². The lowest BCUT2D eigenvalue weighted by Gasteiger charge is -2.59. The first-order valence-electron chi connectivity index (χ1n) is 4.93. The van der Waals surface area contributed by atoms with E-state index < -0.39 is 0 Å². The van der Waals surface area contributed by atoms with Gasteiger partial charge in [0.25, 0.3) is 0 Å². The molecule has 3 heteroatoms. The summed E-state index contributed by atoms with van der Waals surface area (Å²) >= 11 is 3.40. The lowest BCUT2D eigenvalue weighted by Crippen LogP contribution is -2.66. The van der Waals surface area contributed by atoms with Gasteiger partial charge in [-0.2, -0.15) is 0 Å². The Morgan fingerprint density at radius 1 is 1.43 bits per heavy atom. The van der Waals surface area contributed by atoms with Crippen LogP contribution in [-0.2, 0) is 9.47 Å². The van der Waals surface area contributed by atoms with Crippen LogP contribution in [-0.4, -0.2) is 25.4 Å². The van der Waals surface area contributed by atoms with E-state index in [2.05, 4.69) is 36.7 Å². The second-order valence-electron chi connectivity index (χ2n) is 4.39. The Labute approximate surface area is 94.8 Å². The number of ether oxygens (including phenoxy) is 2. The highest BCUT2D eigenvalue weighted by atomic mass is 79.9. The molecule has 2 nitrogen and oxygen atoms in total. The molecule has 0 aromatic heterocycles. The zero-order valence-electron chi connectivity index (χ0n) is 9.56. The summed E-state index contributed by atoms with van der Waals surface area (Å²) < 4.78 is 11.3. The predicted octanol–water partition coefficient (Wildman–Crippen LogP) is 3.12. The summed E-state index contributed by atoms with van der Waals surface area (Å²) in [6.07, 6.45) is 0.133. The van der Waals surface area contributed by atoms with Gasteiger partial charge >= 0.3 is 0 Å². The van der Waals surface area contributed by atoms with E-state index in [-0.39, 0.29) is 17.1 Å². The molecule has 3 atom stereocenters. The standard InChI is InChI=1S/C11H19BrO2/c1-6-14-9-10(2,3)8(7-12)11(9,4)13-5/h7,9H,6H2,1-5H3/b8-7-/t9-,11-/m0/s1/i2+1,4+1,7+1/t9-,10?,11-. The van der Waals surface area contributed by atoms with Crippen molar-refractivity contribution in [3.8, 4) is 0 Å². The Morgan fingerprint density at radius 2 is 2.00 bits per heavy atom. The number of rotatable bonds is 3. The molecule has 1 unspecified atom stereocenters. The highest BCUT2D eigenvalue weighted by Crippen LogP contribution is 2.56. The first-order valence-corrected chi connectivity index (χ1v) is 5.84. The SMILES string of the molecule is CCO[C@H]1C(C)([13CH3])/C(=[13CH]/Br)[C@]1([13CH3])OC. The molecule has 0 bridgehead atoms. The minimum Gasteiger partial charge on any atom is -0.374 e. The van der Waals surface area contributed by atoms with Gasteiger partial charge in [-0.05, 0) is 24.4 Å². The van der Waals surface area contributed by atoms with E-state index in [1.165, 1.54) is 5.57 Å². The summed E-state index contributed by atoms with van der Waals surface area (Å²) in [5, 5.41) is 0. The highest BCUT2D eigenvalue weighted by molar-refractivity contribution is 9.11. The lowest BCUT2D eigenvalue weighted by molar-refractivity contribution is -0.194. The normalized spacial score (nSPS) is 45.3. The second-order valence-corrected chi connectivity index (χ2v) is 4.85. The highest BCUT2D eigenvalue weighted by Gasteiger charge is 2.61. The molecule has 1 fully saturated rings. The minimum absolute atomic E-state index is 0.0598. The molecular formula is C11H19BrO2. The smallest absolute Gasteiger partial charge is 0.114 e. The molecule has 1 saturated carbocycles. The predicted molar refractivity (Wildman–Crippen MR) is 61.6 cm³/mol. The molecule has 82 valence electrons. The molecule has 0 heterocycles. The van der Waals surface area contributed by atoms with Crippen molar-refractivity contribution >= 4 is 15.9 Å². The van der Waals surface area contributed by atoms with Crippen LogP contribution in [0.25, 0.3) is 0 Å². The molecule has 0 amide bonds. The van der Waals surface area contributed by atoms with Crippen molar-refractivity contribution in [1.82, 2.24) is 0 Å². The van der Waals surface area contributed by atoms with E-state index in [9.17, 15) is 0 Å². The van der Waals surface area contributed by atoms with Crippen LogP contribution in [0.2, 0.25) is 0 Å². The number of halogens is 1. The van der Waals surface area contributed by atoms with Crippen LogP contribution in [0.5, 0.6) is 0 Å². The summed E-state index contributed by atoms with van der Waals surface area (Å²) in [4.78, 5) is 1.96. The van der Waals surface area contributed by atoms with Gasteiger partial charge in [-0.1, -0.05) is 29.8 Å². The van der Waals surface area contributed by atoms with Crippen LogP contribution < -0.4 is 0 Å². The van der Waals surface area contributed by atoms with Crippen molar-refractivity contribution in [2.24, 2.45) is 5.41 Å². The van der Waals surface area contributed by atoms with E-state index in [0.717, 1.165) is 6.61 Å². The van der Waals surface area contributed by atoms with Crippen molar-refractivity contribution in [3.63, 3.8) is 0 Å². The van der Waals surface area contributed by atoms with E-state index in [0.29, 0.717) is 0 Å².